The Kier molecular flexibility index (Phi) is 4.65. The second-order valence-electron chi connectivity index (χ2n) is 6.74. The van der Waals surface area contributed by atoms with Crippen molar-refractivity contribution >= 4 is 6.09 Å². The average Bonchev–Trinajstić information content (AvgIpc) is 2.20. The number of rotatable bonds is 2. The zero-order chi connectivity index (χ0) is 14.0. The van der Waals surface area contributed by atoms with Crippen LogP contribution in [-0.4, -0.2) is 40.9 Å². The van der Waals surface area contributed by atoms with E-state index in [1.54, 1.807) is 7.05 Å². The van der Waals surface area contributed by atoms with Crippen molar-refractivity contribution in [2.45, 2.75) is 64.6 Å². The van der Waals surface area contributed by atoms with Gasteiger partial charge in [0.1, 0.15) is 5.60 Å². The van der Waals surface area contributed by atoms with Crippen LogP contribution in [0, 0.1) is 5.92 Å². The number of carbonyl (C=O) groups excluding carboxylic acids is 1. The lowest BCUT2D eigenvalue weighted by Gasteiger charge is -2.37. The first kappa shape index (κ1) is 15.3. The van der Waals surface area contributed by atoms with Gasteiger partial charge >= 0.3 is 6.09 Å². The van der Waals surface area contributed by atoms with E-state index >= 15 is 0 Å². The molecule has 0 unspecified atom stereocenters. The standard InChI is InChI=1S/C14H27NO3/c1-11-6-8-14(17,9-7-11)10-15(5)12(16)18-13(2,3)4/h11,17H,6-10H2,1-5H3. The first-order valence-electron chi connectivity index (χ1n) is 6.78. The Balaban J connectivity index is 2.48. The Hall–Kier alpha value is -0.770. The summed E-state index contributed by atoms with van der Waals surface area (Å²) in [6, 6.07) is 0. The van der Waals surface area contributed by atoms with Crippen molar-refractivity contribution in [2.75, 3.05) is 13.6 Å². The highest BCUT2D eigenvalue weighted by molar-refractivity contribution is 5.67. The molecule has 1 N–H and O–H groups in total. The molecule has 1 aliphatic carbocycles. The third kappa shape index (κ3) is 4.84. The normalized spacial score (nSPS) is 28.9. The lowest BCUT2D eigenvalue weighted by Crippen LogP contribution is -2.47. The Labute approximate surface area is 110 Å². The molecule has 1 saturated carbocycles. The minimum absolute atomic E-state index is 0.356. The Morgan fingerprint density at radius 3 is 2.33 bits per heavy atom. The number of likely N-dealkylation sites (N-methyl/N-ethyl adjacent to an activating group) is 1. The van der Waals surface area contributed by atoms with Gasteiger partial charge in [-0.2, -0.15) is 0 Å². The third-order valence-electron chi connectivity index (χ3n) is 3.44. The van der Waals surface area contributed by atoms with Gasteiger partial charge < -0.3 is 14.7 Å². The molecule has 0 heterocycles. The van der Waals surface area contributed by atoms with Crippen LogP contribution >= 0.6 is 0 Å². The molecule has 0 aliphatic heterocycles. The summed E-state index contributed by atoms with van der Waals surface area (Å²) in [4.78, 5) is 13.3. The van der Waals surface area contributed by atoms with Gasteiger partial charge in [-0.1, -0.05) is 6.92 Å². The van der Waals surface area contributed by atoms with Crippen LogP contribution < -0.4 is 0 Å². The summed E-state index contributed by atoms with van der Waals surface area (Å²) in [5, 5.41) is 10.5. The van der Waals surface area contributed by atoms with Crippen molar-refractivity contribution in [3.8, 4) is 0 Å². The van der Waals surface area contributed by atoms with Crippen LogP contribution in [0.2, 0.25) is 0 Å². The number of ether oxygens (including phenoxy) is 1. The van der Waals surface area contributed by atoms with Gasteiger partial charge in [-0.15, -0.1) is 0 Å². The molecule has 0 saturated heterocycles. The molecule has 0 spiro atoms. The van der Waals surface area contributed by atoms with Crippen LogP contribution in [0.15, 0.2) is 0 Å². The second-order valence-corrected chi connectivity index (χ2v) is 6.74. The summed E-state index contributed by atoms with van der Waals surface area (Å²) in [5.41, 5.74) is -1.23. The van der Waals surface area contributed by atoms with Gasteiger partial charge in [0.2, 0.25) is 0 Å². The molecule has 106 valence electrons. The fraction of sp³-hybridized carbons (Fsp3) is 0.929. The van der Waals surface area contributed by atoms with E-state index in [1.165, 1.54) is 4.90 Å². The van der Waals surface area contributed by atoms with Gasteiger partial charge in [-0.25, -0.2) is 4.79 Å². The molecule has 1 aliphatic rings. The summed E-state index contributed by atoms with van der Waals surface area (Å²) >= 11 is 0. The predicted octanol–water partition coefficient (Wildman–Crippen LogP) is 2.79. The largest absolute Gasteiger partial charge is 0.444 e. The van der Waals surface area contributed by atoms with Crippen LogP contribution in [-0.2, 0) is 4.74 Å². The van der Waals surface area contributed by atoms with Crippen molar-refractivity contribution in [1.82, 2.24) is 4.90 Å². The van der Waals surface area contributed by atoms with Gasteiger partial charge in [-0.05, 0) is 52.4 Å². The fourth-order valence-corrected chi connectivity index (χ4v) is 2.30. The zero-order valence-electron chi connectivity index (χ0n) is 12.3. The molecule has 0 atom stereocenters. The maximum Gasteiger partial charge on any atom is 0.410 e. The van der Waals surface area contributed by atoms with Gasteiger partial charge in [0, 0.05) is 7.05 Å². The molecule has 0 radical (unpaired) electrons. The van der Waals surface area contributed by atoms with Gasteiger partial charge in [0.05, 0.1) is 12.1 Å². The van der Waals surface area contributed by atoms with Crippen molar-refractivity contribution in [3.63, 3.8) is 0 Å². The molecule has 1 amide bonds. The van der Waals surface area contributed by atoms with Crippen molar-refractivity contribution in [3.05, 3.63) is 0 Å². The predicted molar refractivity (Wildman–Crippen MR) is 71.4 cm³/mol. The van der Waals surface area contributed by atoms with Crippen LogP contribution in [0.5, 0.6) is 0 Å². The quantitative estimate of drug-likeness (QED) is 0.827. The first-order valence-corrected chi connectivity index (χ1v) is 6.78. The lowest BCUT2D eigenvalue weighted by atomic mass is 9.79. The van der Waals surface area contributed by atoms with Crippen molar-refractivity contribution in [1.29, 1.82) is 0 Å². The summed E-state index contributed by atoms with van der Waals surface area (Å²) in [6.45, 7) is 8.09. The summed E-state index contributed by atoms with van der Waals surface area (Å²) < 4.78 is 5.28. The maximum absolute atomic E-state index is 11.8. The highest BCUT2D eigenvalue weighted by atomic mass is 16.6. The highest BCUT2D eigenvalue weighted by Gasteiger charge is 2.34. The van der Waals surface area contributed by atoms with Crippen LogP contribution in [0.25, 0.3) is 0 Å². The number of aliphatic hydroxyl groups is 1. The molecule has 0 aromatic rings. The van der Waals surface area contributed by atoms with E-state index in [9.17, 15) is 9.90 Å². The zero-order valence-corrected chi connectivity index (χ0v) is 12.3. The van der Waals surface area contributed by atoms with E-state index in [1.807, 2.05) is 20.8 Å². The van der Waals surface area contributed by atoms with E-state index in [2.05, 4.69) is 6.92 Å². The average molecular weight is 257 g/mol. The number of hydrogen-bond donors (Lipinski definition) is 1. The van der Waals surface area contributed by atoms with Gasteiger partial charge in [0.15, 0.2) is 0 Å². The molecule has 1 rings (SSSR count). The van der Waals surface area contributed by atoms with Crippen molar-refractivity contribution in [2.24, 2.45) is 5.92 Å². The number of carbonyl (C=O) groups is 1. The molecule has 0 aromatic heterocycles. The number of amides is 1. The minimum Gasteiger partial charge on any atom is -0.444 e. The topological polar surface area (TPSA) is 49.8 Å². The van der Waals surface area contributed by atoms with Crippen molar-refractivity contribution < 1.29 is 14.6 Å². The molecule has 4 heteroatoms. The summed E-state index contributed by atoms with van der Waals surface area (Å²) in [6.07, 6.45) is 3.22. The smallest absolute Gasteiger partial charge is 0.410 e. The second kappa shape index (κ2) is 5.47. The molecular formula is C14H27NO3. The maximum atomic E-state index is 11.8. The summed E-state index contributed by atoms with van der Waals surface area (Å²) in [7, 11) is 1.68. The molecular weight excluding hydrogens is 230 g/mol. The Bertz CT molecular complexity index is 288. The van der Waals surface area contributed by atoms with Crippen LogP contribution in [0.4, 0.5) is 4.79 Å². The Morgan fingerprint density at radius 2 is 1.89 bits per heavy atom. The van der Waals surface area contributed by atoms with Crippen LogP contribution in [0.3, 0.4) is 0 Å². The number of hydrogen-bond acceptors (Lipinski definition) is 3. The highest BCUT2D eigenvalue weighted by Crippen LogP contribution is 2.32. The molecule has 0 bridgehead atoms. The molecule has 4 nitrogen and oxygen atoms in total. The van der Waals surface area contributed by atoms with Gasteiger partial charge in [-0.3, -0.25) is 0 Å². The lowest BCUT2D eigenvalue weighted by molar-refractivity contribution is -0.0382. The molecule has 1 fully saturated rings. The summed E-state index contributed by atoms with van der Waals surface area (Å²) in [5.74, 6) is 0.678. The third-order valence-corrected chi connectivity index (χ3v) is 3.44. The fourth-order valence-electron chi connectivity index (χ4n) is 2.30. The van der Waals surface area contributed by atoms with E-state index < -0.39 is 11.2 Å². The molecule has 18 heavy (non-hydrogen) atoms. The van der Waals surface area contributed by atoms with E-state index in [-0.39, 0.29) is 6.09 Å². The van der Waals surface area contributed by atoms with Gasteiger partial charge in [0.25, 0.3) is 0 Å². The number of nitrogens with zero attached hydrogens (tertiary/aromatic N) is 1. The van der Waals surface area contributed by atoms with Crippen LogP contribution in [0.1, 0.15) is 53.4 Å². The first-order chi connectivity index (χ1) is 8.11. The SMILES string of the molecule is CC1CCC(O)(CN(C)C(=O)OC(C)(C)C)CC1. The van der Waals surface area contributed by atoms with E-state index in [0.717, 1.165) is 25.7 Å². The Morgan fingerprint density at radius 1 is 1.39 bits per heavy atom. The van der Waals surface area contributed by atoms with E-state index in [4.69, 9.17) is 4.74 Å². The van der Waals surface area contributed by atoms with E-state index in [0.29, 0.717) is 12.5 Å². The monoisotopic (exact) mass is 257 g/mol. The molecule has 0 aromatic carbocycles. The minimum atomic E-state index is -0.738.